The lowest BCUT2D eigenvalue weighted by molar-refractivity contribution is -0.123. The number of likely N-dealkylation sites (N-methyl/N-ethyl adjacent to an activating group) is 1. The number of hydrogen-bond acceptors (Lipinski definition) is 3. The van der Waals surface area contributed by atoms with E-state index in [1.807, 2.05) is 0 Å². The van der Waals surface area contributed by atoms with Gasteiger partial charge in [-0.25, -0.2) is 4.39 Å². The first-order valence-electron chi connectivity index (χ1n) is 6.20. The number of amides is 1. The summed E-state index contributed by atoms with van der Waals surface area (Å²) >= 11 is 0. The van der Waals surface area contributed by atoms with E-state index >= 15 is 0 Å². The zero-order chi connectivity index (χ0) is 12.7. The number of nitrogens with zero attached hydrogens (tertiary/aromatic N) is 2. The van der Waals surface area contributed by atoms with Gasteiger partial charge in [-0.15, -0.1) is 0 Å². The average Bonchev–Trinajstić information content (AvgIpc) is 2.63. The number of rotatable bonds is 1. The third-order valence-electron chi connectivity index (χ3n) is 3.73. The summed E-state index contributed by atoms with van der Waals surface area (Å²) in [6.45, 7) is 3.39. The van der Waals surface area contributed by atoms with Crippen molar-refractivity contribution in [2.45, 2.75) is 6.04 Å². The van der Waals surface area contributed by atoms with Crippen LogP contribution in [0.25, 0.3) is 0 Å². The van der Waals surface area contributed by atoms with Crippen molar-refractivity contribution >= 4 is 11.6 Å². The number of benzene rings is 1. The van der Waals surface area contributed by atoms with Crippen LogP contribution in [0.4, 0.5) is 10.1 Å². The molecule has 18 heavy (non-hydrogen) atoms. The van der Waals surface area contributed by atoms with E-state index in [9.17, 15) is 9.18 Å². The van der Waals surface area contributed by atoms with Crippen LogP contribution in [0.2, 0.25) is 0 Å². The molecule has 0 aromatic heterocycles. The Morgan fingerprint density at radius 3 is 2.78 bits per heavy atom. The van der Waals surface area contributed by atoms with E-state index in [0.717, 1.165) is 37.4 Å². The standard InChI is InChI=1S/C13H16FN3O/c1-16-11-3-2-9(14)8-10(11)12(13(16)18)17-6-4-15-5-7-17/h2-3,8,12,15H,4-7H2,1H3. The van der Waals surface area contributed by atoms with Gasteiger partial charge in [0, 0.05) is 44.5 Å². The van der Waals surface area contributed by atoms with Crippen molar-refractivity contribution in [2.75, 3.05) is 38.1 Å². The Hall–Kier alpha value is -1.46. The molecule has 3 rings (SSSR count). The van der Waals surface area contributed by atoms with E-state index in [-0.39, 0.29) is 17.8 Å². The molecule has 0 aliphatic carbocycles. The Morgan fingerprint density at radius 1 is 1.33 bits per heavy atom. The highest BCUT2D eigenvalue weighted by Crippen LogP contribution is 2.38. The second kappa shape index (κ2) is 4.33. The van der Waals surface area contributed by atoms with Crippen LogP contribution in [0.1, 0.15) is 11.6 Å². The third kappa shape index (κ3) is 1.71. The summed E-state index contributed by atoms with van der Waals surface area (Å²) < 4.78 is 13.4. The molecule has 1 fully saturated rings. The van der Waals surface area contributed by atoms with Gasteiger partial charge in [-0.1, -0.05) is 0 Å². The molecule has 1 aromatic carbocycles. The number of nitrogens with one attached hydrogen (secondary N) is 1. The molecule has 1 atom stereocenters. The number of fused-ring (bicyclic) bond motifs is 1. The fourth-order valence-corrected chi connectivity index (χ4v) is 2.78. The second-order valence-corrected chi connectivity index (χ2v) is 4.79. The molecule has 96 valence electrons. The van der Waals surface area contributed by atoms with Gasteiger partial charge in [0.15, 0.2) is 0 Å². The Kier molecular flexibility index (Phi) is 2.80. The highest BCUT2D eigenvalue weighted by Gasteiger charge is 2.39. The van der Waals surface area contributed by atoms with Crippen molar-refractivity contribution in [3.05, 3.63) is 29.6 Å². The maximum absolute atomic E-state index is 13.4. The summed E-state index contributed by atoms with van der Waals surface area (Å²) in [7, 11) is 1.75. The van der Waals surface area contributed by atoms with Crippen LogP contribution in [-0.4, -0.2) is 44.0 Å². The smallest absolute Gasteiger partial charge is 0.248 e. The minimum absolute atomic E-state index is 0.0394. The van der Waals surface area contributed by atoms with Gasteiger partial charge in [0.2, 0.25) is 5.91 Å². The summed E-state index contributed by atoms with van der Waals surface area (Å²) in [4.78, 5) is 16.1. The fraction of sp³-hybridized carbons (Fsp3) is 0.462. The molecule has 0 radical (unpaired) electrons. The first-order valence-corrected chi connectivity index (χ1v) is 6.20. The molecule has 2 aliphatic rings. The molecular weight excluding hydrogens is 233 g/mol. The molecule has 1 unspecified atom stereocenters. The molecule has 2 aliphatic heterocycles. The Morgan fingerprint density at radius 2 is 2.06 bits per heavy atom. The van der Waals surface area contributed by atoms with Gasteiger partial charge in [-0.2, -0.15) is 0 Å². The van der Waals surface area contributed by atoms with E-state index in [0.29, 0.717) is 0 Å². The molecule has 2 heterocycles. The van der Waals surface area contributed by atoms with E-state index in [2.05, 4.69) is 10.2 Å². The van der Waals surface area contributed by atoms with Crippen LogP contribution < -0.4 is 10.2 Å². The van der Waals surface area contributed by atoms with E-state index < -0.39 is 0 Å². The maximum atomic E-state index is 13.4. The van der Waals surface area contributed by atoms with Crippen molar-refractivity contribution in [3.63, 3.8) is 0 Å². The van der Waals surface area contributed by atoms with Crippen molar-refractivity contribution in [3.8, 4) is 0 Å². The largest absolute Gasteiger partial charge is 0.314 e. The lowest BCUT2D eigenvalue weighted by atomic mass is 10.1. The zero-order valence-corrected chi connectivity index (χ0v) is 10.3. The van der Waals surface area contributed by atoms with Gasteiger partial charge < -0.3 is 10.2 Å². The summed E-state index contributed by atoms with van der Waals surface area (Å²) in [5.41, 5.74) is 1.62. The van der Waals surface area contributed by atoms with Crippen LogP contribution in [0.5, 0.6) is 0 Å². The van der Waals surface area contributed by atoms with Gasteiger partial charge in [0.1, 0.15) is 11.9 Å². The Labute approximate surface area is 105 Å². The Bertz CT molecular complexity index is 485. The summed E-state index contributed by atoms with van der Waals surface area (Å²) in [5, 5.41) is 3.26. The number of halogens is 1. The van der Waals surface area contributed by atoms with E-state index in [1.165, 1.54) is 12.1 Å². The van der Waals surface area contributed by atoms with Crippen LogP contribution in [0, 0.1) is 5.82 Å². The second-order valence-electron chi connectivity index (χ2n) is 4.79. The Balaban J connectivity index is 2.00. The number of carbonyl (C=O) groups is 1. The lowest BCUT2D eigenvalue weighted by Gasteiger charge is -2.31. The van der Waals surface area contributed by atoms with Crippen LogP contribution in [-0.2, 0) is 4.79 Å². The molecule has 5 heteroatoms. The van der Waals surface area contributed by atoms with Gasteiger partial charge in [0.05, 0.1) is 0 Å². The van der Waals surface area contributed by atoms with Crippen molar-refractivity contribution in [2.24, 2.45) is 0 Å². The predicted molar refractivity (Wildman–Crippen MR) is 67.0 cm³/mol. The molecule has 0 saturated carbocycles. The summed E-state index contributed by atoms with van der Waals surface area (Å²) in [5.74, 6) is -0.241. The number of piperazine rings is 1. The SMILES string of the molecule is CN1C(=O)C(N2CCNCC2)c2cc(F)ccc21. The summed E-state index contributed by atoms with van der Waals surface area (Å²) in [6.07, 6.45) is 0. The molecule has 1 N–H and O–H groups in total. The topological polar surface area (TPSA) is 35.6 Å². The molecule has 1 aromatic rings. The minimum atomic E-state index is -0.317. The van der Waals surface area contributed by atoms with Crippen molar-refractivity contribution in [1.82, 2.24) is 10.2 Å². The van der Waals surface area contributed by atoms with Gasteiger partial charge >= 0.3 is 0 Å². The number of carbonyl (C=O) groups excluding carboxylic acids is 1. The molecule has 1 saturated heterocycles. The highest BCUT2D eigenvalue weighted by molar-refractivity contribution is 6.04. The van der Waals surface area contributed by atoms with Crippen LogP contribution in [0.3, 0.4) is 0 Å². The zero-order valence-electron chi connectivity index (χ0n) is 10.3. The van der Waals surface area contributed by atoms with Gasteiger partial charge in [0.25, 0.3) is 0 Å². The molecular formula is C13H16FN3O. The highest BCUT2D eigenvalue weighted by atomic mass is 19.1. The van der Waals surface area contributed by atoms with Crippen LogP contribution in [0.15, 0.2) is 18.2 Å². The molecule has 0 spiro atoms. The van der Waals surface area contributed by atoms with Crippen molar-refractivity contribution in [1.29, 1.82) is 0 Å². The first-order chi connectivity index (χ1) is 8.68. The maximum Gasteiger partial charge on any atom is 0.248 e. The average molecular weight is 249 g/mol. The third-order valence-corrected chi connectivity index (χ3v) is 3.73. The monoisotopic (exact) mass is 249 g/mol. The van der Waals surface area contributed by atoms with Crippen LogP contribution >= 0.6 is 0 Å². The van der Waals surface area contributed by atoms with Crippen molar-refractivity contribution < 1.29 is 9.18 Å². The predicted octanol–water partition coefficient (Wildman–Crippen LogP) is 0.748. The number of hydrogen-bond donors (Lipinski definition) is 1. The van der Waals surface area contributed by atoms with Gasteiger partial charge in [-0.3, -0.25) is 9.69 Å². The lowest BCUT2D eigenvalue weighted by Crippen LogP contribution is -2.47. The van der Waals surface area contributed by atoms with E-state index in [1.54, 1.807) is 18.0 Å². The molecule has 0 bridgehead atoms. The molecule has 1 amide bonds. The molecule has 4 nitrogen and oxygen atoms in total. The fourth-order valence-electron chi connectivity index (χ4n) is 2.78. The summed E-state index contributed by atoms with van der Waals surface area (Å²) in [6, 6.07) is 4.26. The minimum Gasteiger partial charge on any atom is -0.314 e. The normalized spacial score (nSPS) is 24.4. The number of anilines is 1. The first kappa shape index (κ1) is 11.6. The van der Waals surface area contributed by atoms with E-state index in [4.69, 9.17) is 0 Å². The quantitative estimate of drug-likeness (QED) is 0.797. The van der Waals surface area contributed by atoms with Gasteiger partial charge in [-0.05, 0) is 18.2 Å².